The van der Waals surface area contributed by atoms with E-state index in [0.29, 0.717) is 16.7 Å². The van der Waals surface area contributed by atoms with Crippen LogP contribution in [0.2, 0.25) is 0 Å². The van der Waals surface area contributed by atoms with E-state index >= 15 is 0 Å². The van der Waals surface area contributed by atoms with Crippen LogP contribution in [0.5, 0.6) is 0 Å². The van der Waals surface area contributed by atoms with E-state index in [9.17, 15) is 4.11 Å². The maximum Gasteiger partial charge on any atom is 0.0651 e. The van der Waals surface area contributed by atoms with Gasteiger partial charge in [0.2, 0.25) is 0 Å². The van der Waals surface area contributed by atoms with Gasteiger partial charge in [0.05, 0.1) is 26.5 Å². The summed E-state index contributed by atoms with van der Waals surface area (Å²) in [5.74, 6) is 0. The van der Waals surface area contributed by atoms with E-state index in [1.54, 1.807) is 36.4 Å². The maximum atomic E-state index is 9.78. The molecule has 8 aromatic carbocycles. The van der Waals surface area contributed by atoms with Crippen LogP contribution < -0.4 is 4.90 Å². The van der Waals surface area contributed by atoms with Gasteiger partial charge in [-0.25, -0.2) is 0 Å². The molecule has 0 amide bonds. The third-order valence-electron chi connectivity index (χ3n) is 7.84. The number of rotatable bonds is 6. The van der Waals surface area contributed by atoms with Crippen LogP contribution in [0.4, 0.5) is 17.1 Å². The largest absolute Gasteiger partial charge is 0.309 e. The smallest absolute Gasteiger partial charge is 0.0651 e. The van der Waals surface area contributed by atoms with Crippen LogP contribution in [0.3, 0.4) is 0 Å². The van der Waals surface area contributed by atoms with Gasteiger partial charge in [-0.05, 0) is 74.2 Å². The van der Waals surface area contributed by atoms with Crippen LogP contribution in [-0.4, -0.2) is 0 Å². The second kappa shape index (κ2) is 11.6. The molecule has 0 fully saturated rings. The Morgan fingerprint density at radius 2 is 1.07 bits per heavy atom. The molecule has 0 radical (unpaired) electrons. The van der Waals surface area contributed by atoms with Crippen molar-refractivity contribution in [3.8, 4) is 33.4 Å². The molecule has 1 heteroatoms. The first-order chi connectivity index (χ1) is 26.9. The molecule has 0 aliphatic carbocycles. The summed E-state index contributed by atoms with van der Waals surface area (Å²) in [6, 6.07) is 31.6. The van der Waals surface area contributed by atoms with Crippen molar-refractivity contribution in [1.82, 2.24) is 0 Å². The number of benzene rings is 8. The third-order valence-corrected chi connectivity index (χ3v) is 7.84. The Hall–Kier alpha value is -5.92. The Morgan fingerprint density at radius 3 is 1.96 bits per heavy atom. The Labute approximate surface area is 279 Å². The lowest BCUT2D eigenvalue weighted by Crippen LogP contribution is -2.11. The molecule has 0 atom stereocenters. The van der Waals surface area contributed by atoms with Crippen molar-refractivity contribution in [2.45, 2.75) is 0 Å². The highest BCUT2D eigenvalue weighted by molar-refractivity contribution is 6.01. The van der Waals surface area contributed by atoms with E-state index in [2.05, 4.69) is 0 Å². The molecule has 1 nitrogen and oxygen atoms in total. The van der Waals surface area contributed by atoms with Gasteiger partial charge in [0, 0.05) is 16.6 Å². The molecule has 0 aliphatic rings. The summed E-state index contributed by atoms with van der Waals surface area (Å²) in [5, 5.41) is 1.21. The monoisotopic (exact) mass is 584 g/mol. The highest BCUT2D eigenvalue weighted by Crippen LogP contribution is 2.44. The Morgan fingerprint density at radius 1 is 0.400 bits per heavy atom. The van der Waals surface area contributed by atoms with E-state index in [4.69, 9.17) is 11.0 Å². The summed E-state index contributed by atoms with van der Waals surface area (Å²) in [6.45, 7) is 0. The van der Waals surface area contributed by atoms with E-state index in [1.807, 2.05) is 84.9 Å². The summed E-state index contributed by atoms with van der Waals surface area (Å²) in [5.41, 5.74) is 3.48. The van der Waals surface area contributed by atoms with Crippen LogP contribution in [0.25, 0.3) is 54.9 Å². The maximum absolute atomic E-state index is 9.78. The quantitative estimate of drug-likeness (QED) is 0.188. The van der Waals surface area contributed by atoms with E-state index in [0.717, 1.165) is 21.9 Å². The Kier molecular flexibility index (Phi) is 4.50. The molecule has 45 heavy (non-hydrogen) atoms. The van der Waals surface area contributed by atoms with Gasteiger partial charge < -0.3 is 4.90 Å². The molecule has 0 saturated carbocycles. The van der Waals surface area contributed by atoms with Crippen LogP contribution in [-0.2, 0) is 0 Å². The number of hydrogen-bond donors (Lipinski definition) is 0. The first-order valence-corrected chi connectivity index (χ1v) is 14.5. The average molecular weight is 585 g/mol. The molecular weight excluding hydrogens is 542 g/mol. The molecule has 212 valence electrons. The fraction of sp³-hybridized carbons (Fsp3) is 0. The SMILES string of the molecule is [2H]c1c([2H])c(-c2ccc3ccccc3c2)c([2H])c(N(c2ccccc2-c2ccc(-c3ccccc3)cc2)c2c([2H])c([2H])c([2H])c3c([2H])c([2H])c([2H])c([2H])c23)c1[2H]. The van der Waals surface area contributed by atoms with E-state index in [-0.39, 0.29) is 45.5 Å². The van der Waals surface area contributed by atoms with Crippen molar-refractivity contribution >= 4 is 38.6 Å². The van der Waals surface area contributed by atoms with Gasteiger partial charge in [0.25, 0.3) is 0 Å². The van der Waals surface area contributed by atoms with Gasteiger partial charge >= 0.3 is 0 Å². The molecular formula is C44H31N. The Bertz CT molecular complexity index is 2870. The van der Waals surface area contributed by atoms with Crippen LogP contribution in [0.1, 0.15) is 15.1 Å². The molecule has 8 rings (SSSR count). The predicted molar refractivity (Wildman–Crippen MR) is 192 cm³/mol. The number of hydrogen-bond acceptors (Lipinski definition) is 1. The first-order valence-electron chi connectivity index (χ1n) is 20.0. The summed E-state index contributed by atoms with van der Waals surface area (Å²) in [7, 11) is 0. The summed E-state index contributed by atoms with van der Waals surface area (Å²) in [6.07, 6.45) is 0. The highest BCUT2D eigenvalue weighted by Gasteiger charge is 2.19. The second-order valence-electron chi connectivity index (χ2n) is 10.6. The lowest BCUT2D eigenvalue weighted by atomic mass is 9.97. The Balaban J connectivity index is 1.50. The fourth-order valence-corrected chi connectivity index (χ4v) is 5.64. The fourth-order valence-electron chi connectivity index (χ4n) is 5.64. The minimum absolute atomic E-state index is 0.0439. The van der Waals surface area contributed by atoms with Gasteiger partial charge in [-0.15, -0.1) is 0 Å². The zero-order chi connectivity index (χ0) is 39.6. The van der Waals surface area contributed by atoms with Crippen molar-refractivity contribution in [1.29, 1.82) is 0 Å². The number of fused-ring (bicyclic) bond motifs is 2. The zero-order valence-electron chi connectivity index (χ0n) is 35.0. The topological polar surface area (TPSA) is 3.24 Å². The first kappa shape index (κ1) is 17.4. The molecule has 0 heterocycles. The molecule has 0 aromatic heterocycles. The van der Waals surface area contributed by atoms with Crippen molar-refractivity contribution in [2.75, 3.05) is 4.90 Å². The minimum atomic E-state index is -0.623. The van der Waals surface area contributed by atoms with Gasteiger partial charge in [-0.2, -0.15) is 0 Å². The van der Waals surface area contributed by atoms with Crippen LogP contribution in [0.15, 0.2) is 188 Å². The zero-order valence-corrected chi connectivity index (χ0v) is 24.0. The lowest BCUT2D eigenvalue weighted by molar-refractivity contribution is 1.30. The lowest BCUT2D eigenvalue weighted by Gasteiger charge is -2.29. The van der Waals surface area contributed by atoms with Gasteiger partial charge in [0.1, 0.15) is 0 Å². The third kappa shape index (κ3) is 5.15. The standard InChI is InChI=1S/C44H31N/c1-2-12-32(13-3-1)34-24-27-36(28-25-34)42-21-8-9-22-43(42)45(44-23-11-17-35-15-6-7-20-41(35)44)40-19-10-18-38(31-40)39-29-26-33-14-4-5-16-37(33)30-39/h1-31H/i6D,7D,10D,11D,15D,17D,18D,19D,20D,23D,31D. The van der Waals surface area contributed by atoms with E-state index < -0.39 is 54.4 Å². The summed E-state index contributed by atoms with van der Waals surface area (Å²) in [4.78, 5) is 1.34. The minimum Gasteiger partial charge on any atom is -0.309 e. The number of para-hydroxylation sites is 1. The summed E-state index contributed by atoms with van der Waals surface area (Å²) >= 11 is 0. The second-order valence-corrected chi connectivity index (χ2v) is 10.6. The van der Waals surface area contributed by atoms with Gasteiger partial charge in [-0.3, -0.25) is 0 Å². The van der Waals surface area contributed by atoms with Crippen molar-refractivity contribution in [2.24, 2.45) is 0 Å². The number of nitrogens with zero attached hydrogens (tertiary/aromatic N) is 1. The van der Waals surface area contributed by atoms with Crippen LogP contribution in [0, 0.1) is 0 Å². The van der Waals surface area contributed by atoms with Crippen LogP contribution >= 0.6 is 0 Å². The molecule has 0 N–H and O–H groups in total. The van der Waals surface area contributed by atoms with Crippen molar-refractivity contribution in [3.63, 3.8) is 0 Å². The normalized spacial score (nSPS) is 14.5. The molecule has 0 unspecified atom stereocenters. The molecule has 8 aromatic rings. The average Bonchev–Trinajstić information content (AvgIpc) is 3.22. The highest BCUT2D eigenvalue weighted by atomic mass is 15.1. The van der Waals surface area contributed by atoms with Gasteiger partial charge in [-0.1, -0.05) is 158 Å². The summed E-state index contributed by atoms with van der Waals surface area (Å²) < 4.78 is 99.3. The van der Waals surface area contributed by atoms with Crippen molar-refractivity contribution < 1.29 is 15.1 Å². The van der Waals surface area contributed by atoms with Gasteiger partial charge in [0.15, 0.2) is 0 Å². The molecule has 0 bridgehead atoms. The number of anilines is 3. The van der Waals surface area contributed by atoms with Crippen molar-refractivity contribution in [3.05, 3.63) is 188 Å². The molecule has 0 saturated heterocycles. The molecule has 0 spiro atoms. The predicted octanol–water partition coefficient (Wildman–Crippen LogP) is 12.5. The van der Waals surface area contributed by atoms with E-state index in [1.165, 1.54) is 4.90 Å². The molecule has 0 aliphatic heterocycles.